The molecule has 1 saturated heterocycles. The molecule has 1 aliphatic heterocycles. The number of hydrogen-bond donors (Lipinski definition) is 1. The second-order valence-electron chi connectivity index (χ2n) is 5.53. The van der Waals surface area contributed by atoms with Gasteiger partial charge in [0.25, 0.3) is 5.91 Å². The van der Waals surface area contributed by atoms with Crippen molar-refractivity contribution in [1.29, 1.82) is 0 Å². The Morgan fingerprint density at radius 2 is 2.05 bits per heavy atom. The second-order valence-corrected chi connectivity index (χ2v) is 5.53. The van der Waals surface area contributed by atoms with E-state index in [0.29, 0.717) is 25.7 Å². The molecule has 1 aromatic rings. The largest absolute Gasteiger partial charge is 0.497 e. The topological polar surface area (TPSA) is 56.8 Å². The monoisotopic (exact) mass is 291 g/mol. The molecule has 2 fully saturated rings. The van der Waals surface area contributed by atoms with Gasteiger partial charge < -0.3 is 19.5 Å². The van der Waals surface area contributed by atoms with Crippen LogP contribution in [0.3, 0.4) is 0 Å². The van der Waals surface area contributed by atoms with E-state index >= 15 is 0 Å². The molecule has 1 N–H and O–H groups in total. The predicted octanol–water partition coefficient (Wildman–Crippen LogP) is 1.68. The average molecular weight is 291 g/mol. The van der Waals surface area contributed by atoms with Crippen molar-refractivity contribution in [3.8, 4) is 5.75 Å². The van der Waals surface area contributed by atoms with Gasteiger partial charge in [-0.2, -0.15) is 0 Å². The average Bonchev–Trinajstić information content (AvgIpc) is 3.38. The first kappa shape index (κ1) is 14.4. The molecule has 21 heavy (non-hydrogen) atoms. The van der Waals surface area contributed by atoms with Crippen molar-refractivity contribution in [2.45, 2.75) is 25.0 Å². The Bertz CT molecular complexity index is 478. The highest BCUT2D eigenvalue weighted by Crippen LogP contribution is 2.41. The third-order valence-corrected chi connectivity index (χ3v) is 3.97. The molecule has 1 heterocycles. The fourth-order valence-corrected chi connectivity index (χ4v) is 2.60. The molecule has 0 spiro atoms. The normalized spacial score (nSPS) is 23.4. The number of rotatable bonds is 5. The van der Waals surface area contributed by atoms with Crippen molar-refractivity contribution in [2.24, 2.45) is 5.92 Å². The lowest BCUT2D eigenvalue weighted by atomic mass is 10.0. The lowest BCUT2D eigenvalue weighted by Gasteiger charge is -2.25. The highest BCUT2D eigenvalue weighted by molar-refractivity contribution is 5.81. The number of carbonyl (C=O) groups excluding carboxylic acids is 1. The molecule has 2 atom stereocenters. The van der Waals surface area contributed by atoms with E-state index in [9.17, 15) is 4.79 Å². The van der Waals surface area contributed by atoms with Crippen LogP contribution >= 0.6 is 0 Å². The molecule has 5 nitrogen and oxygen atoms in total. The number of benzene rings is 1. The highest BCUT2D eigenvalue weighted by Gasteiger charge is 2.35. The first-order valence-electron chi connectivity index (χ1n) is 7.41. The minimum absolute atomic E-state index is 0.0499. The van der Waals surface area contributed by atoms with Gasteiger partial charge in [0.15, 0.2) is 6.10 Å². The lowest BCUT2D eigenvalue weighted by Crippen LogP contribution is -2.44. The standard InChI is InChI=1S/C16H21NO4/c1-19-13-6-4-12(5-7-13)15(11-2-3-11)17-16(18)14-10-20-8-9-21-14/h4-7,11,14-15H,2-3,8-10H2,1H3,(H,17,18). The third kappa shape index (κ3) is 3.54. The van der Waals surface area contributed by atoms with E-state index in [1.54, 1.807) is 7.11 Å². The Hall–Kier alpha value is -1.59. The predicted molar refractivity (Wildman–Crippen MR) is 77.2 cm³/mol. The molecule has 1 aliphatic carbocycles. The summed E-state index contributed by atoms with van der Waals surface area (Å²) in [6, 6.07) is 7.93. The Morgan fingerprint density at radius 1 is 1.29 bits per heavy atom. The van der Waals surface area contributed by atoms with E-state index in [2.05, 4.69) is 5.32 Å². The molecule has 3 rings (SSSR count). The maximum atomic E-state index is 12.3. The number of carbonyl (C=O) groups is 1. The summed E-state index contributed by atoms with van der Waals surface area (Å²) in [6.07, 6.45) is 1.82. The van der Waals surface area contributed by atoms with Gasteiger partial charge in [-0.25, -0.2) is 0 Å². The van der Waals surface area contributed by atoms with Crippen LogP contribution in [0.5, 0.6) is 5.75 Å². The second kappa shape index (κ2) is 6.45. The zero-order valence-electron chi connectivity index (χ0n) is 12.2. The van der Waals surface area contributed by atoms with Gasteiger partial charge in [-0.05, 0) is 36.5 Å². The molecule has 2 aliphatic rings. The molecule has 1 aromatic carbocycles. The smallest absolute Gasteiger partial charge is 0.252 e. The van der Waals surface area contributed by atoms with Crippen molar-refractivity contribution in [3.05, 3.63) is 29.8 Å². The molecule has 0 radical (unpaired) electrons. The third-order valence-electron chi connectivity index (χ3n) is 3.97. The quantitative estimate of drug-likeness (QED) is 0.896. The van der Waals surface area contributed by atoms with Crippen LogP contribution in [0.2, 0.25) is 0 Å². The maximum Gasteiger partial charge on any atom is 0.252 e. The first-order valence-corrected chi connectivity index (χ1v) is 7.41. The van der Waals surface area contributed by atoms with Crippen molar-refractivity contribution in [3.63, 3.8) is 0 Å². The number of methoxy groups -OCH3 is 1. The first-order chi connectivity index (χ1) is 10.3. The highest BCUT2D eigenvalue weighted by atomic mass is 16.6. The summed E-state index contributed by atoms with van der Waals surface area (Å²) in [7, 11) is 1.65. The Morgan fingerprint density at radius 3 is 2.62 bits per heavy atom. The maximum absolute atomic E-state index is 12.3. The summed E-state index contributed by atoms with van der Waals surface area (Å²) >= 11 is 0. The summed E-state index contributed by atoms with van der Waals surface area (Å²) in [6.45, 7) is 1.38. The van der Waals surface area contributed by atoms with Crippen LogP contribution in [0.25, 0.3) is 0 Å². The Balaban J connectivity index is 1.67. The zero-order chi connectivity index (χ0) is 14.7. The van der Waals surface area contributed by atoms with Crippen molar-refractivity contribution >= 4 is 5.91 Å². The fraction of sp³-hybridized carbons (Fsp3) is 0.562. The summed E-state index contributed by atoms with van der Waals surface area (Å²) < 4.78 is 15.9. The molecular weight excluding hydrogens is 270 g/mol. The molecular formula is C16H21NO4. The Labute approximate surface area is 124 Å². The van der Waals surface area contributed by atoms with E-state index in [-0.39, 0.29) is 11.9 Å². The van der Waals surface area contributed by atoms with Crippen molar-refractivity contribution < 1.29 is 19.0 Å². The number of amides is 1. The van der Waals surface area contributed by atoms with Crippen LogP contribution in [-0.2, 0) is 14.3 Å². The van der Waals surface area contributed by atoms with Crippen LogP contribution in [0.15, 0.2) is 24.3 Å². The van der Waals surface area contributed by atoms with E-state index in [0.717, 1.165) is 24.2 Å². The van der Waals surface area contributed by atoms with Crippen LogP contribution in [0, 0.1) is 5.92 Å². The summed E-state index contributed by atoms with van der Waals surface area (Å²) in [5.74, 6) is 1.26. The van der Waals surface area contributed by atoms with E-state index in [1.165, 1.54) is 0 Å². The van der Waals surface area contributed by atoms with Crippen LogP contribution in [-0.4, -0.2) is 38.9 Å². The minimum Gasteiger partial charge on any atom is -0.497 e. The number of nitrogens with one attached hydrogen (secondary N) is 1. The van der Waals surface area contributed by atoms with Gasteiger partial charge in [-0.15, -0.1) is 0 Å². The number of ether oxygens (including phenoxy) is 3. The number of hydrogen-bond acceptors (Lipinski definition) is 4. The van der Waals surface area contributed by atoms with Gasteiger partial charge in [0.2, 0.25) is 0 Å². The molecule has 1 amide bonds. The minimum atomic E-state index is -0.488. The van der Waals surface area contributed by atoms with Crippen molar-refractivity contribution in [2.75, 3.05) is 26.9 Å². The van der Waals surface area contributed by atoms with Gasteiger partial charge in [-0.3, -0.25) is 4.79 Å². The summed E-state index contributed by atoms with van der Waals surface area (Å²) in [5.41, 5.74) is 1.11. The van der Waals surface area contributed by atoms with E-state index in [1.807, 2.05) is 24.3 Å². The lowest BCUT2D eigenvalue weighted by molar-refractivity contribution is -0.148. The van der Waals surface area contributed by atoms with E-state index < -0.39 is 6.10 Å². The van der Waals surface area contributed by atoms with Crippen LogP contribution < -0.4 is 10.1 Å². The van der Waals surface area contributed by atoms with Gasteiger partial charge in [0, 0.05) is 0 Å². The SMILES string of the molecule is COc1ccc(C(NC(=O)C2COCCO2)C2CC2)cc1. The molecule has 0 bridgehead atoms. The zero-order valence-corrected chi connectivity index (χ0v) is 12.2. The Kier molecular flexibility index (Phi) is 4.41. The van der Waals surface area contributed by atoms with E-state index in [4.69, 9.17) is 14.2 Å². The van der Waals surface area contributed by atoms with Gasteiger partial charge in [0.05, 0.1) is 33.0 Å². The van der Waals surface area contributed by atoms with Gasteiger partial charge in [-0.1, -0.05) is 12.1 Å². The molecule has 2 unspecified atom stereocenters. The fourth-order valence-electron chi connectivity index (χ4n) is 2.60. The summed E-state index contributed by atoms with van der Waals surface area (Å²) in [5, 5.41) is 3.12. The molecule has 114 valence electrons. The van der Waals surface area contributed by atoms with Crippen LogP contribution in [0.1, 0.15) is 24.4 Å². The summed E-state index contributed by atoms with van der Waals surface area (Å²) in [4.78, 5) is 12.3. The van der Waals surface area contributed by atoms with Crippen LogP contribution in [0.4, 0.5) is 0 Å². The molecule has 0 aromatic heterocycles. The van der Waals surface area contributed by atoms with Gasteiger partial charge >= 0.3 is 0 Å². The molecule has 5 heteroatoms. The molecule has 1 saturated carbocycles. The van der Waals surface area contributed by atoms with Gasteiger partial charge in [0.1, 0.15) is 5.75 Å². The van der Waals surface area contributed by atoms with Crippen molar-refractivity contribution in [1.82, 2.24) is 5.32 Å².